The average Bonchev–Trinajstić information content (AvgIpc) is 3.28. The van der Waals surface area contributed by atoms with E-state index in [0.717, 1.165) is 37.2 Å². The van der Waals surface area contributed by atoms with Crippen LogP contribution in [-0.4, -0.2) is 141 Å². The van der Waals surface area contributed by atoms with Crippen molar-refractivity contribution in [1.82, 2.24) is 36.0 Å². The molecule has 3 aliphatic carbocycles. The first-order valence-electron chi connectivity index (χ1n) is 28.3. The Morgan fingerprint density at radius 2 is 0.797 bits per heavy atom. The summed E-state index contributed by atoms with van der Waals surface area (Å²) in [4.78, 5) is 29.7. The molecule has 4 N–H and O–H groups in total. The molecule has 1 atom stereocenters. The summed E-state index contributed by atoms with van der Waals surface area (Å²) in [5.41, 5.74) is 1.12. The largest absolute Gasteiger partial charge is 0.378 e. The molecular formula is C58H119N7O4. The van der Waals surface area contributed by atoms with Gasteiger partial charge in [-0.05, 0) is 126 Å². The summed E-state index contributed by atoms with van der Waals surface area (Å²) >= 11 is 0. The predicted molar refractivity (Wildman–Crippen MR) is 298 cm³/mol. The summed E-state index contributed by atoms with van der Waals surface area (Å²) in [6.07, 6.45) is 29.0. The van der Waals surface area contributed by atoms with Gasteiger partial charge in [0.15, 0.2) is 0 Å². The van der Waals surface area contributed by atoms with E-state index < -0.39 is 0 Å². The van der Waals surface area contributed by atoms with E-state index in [9.17, 15) is 9.59 Å². The lowest BCUT2D eigenvalue weighted by molar-refractivity contribution is -0.125. The summed E-state index contributed by atoms with van der Waals surface area (Å²) in [7, 11) is 6.42. The van der Waals surface area contributed by atoms with Gasteiger partial charge in [-0.1, -0.05) is 127 Å². The van der Waals surface area contributed by atoms with Crippen LogP contribution in [0.25, 0.3) is 0 Å². The molecule has 0 aromatic rings. The van der Waals surface area contributed by atoms with Gasteiger partial charge in [0.25, 0.3) is 0 Å². The second kappa shape index (κ2) is 39.7. The Bertz CT molecular complexity index is 1190. The number of likely N-dealkylation sites (tertiary alicyclic amines) is 3. The van der Waals surface area contributed by atoms with E-state index in [1.807, 2.05) is 34.7 Å². The second-order valence-corrected chi connectivity index (χ2v) is 23.0. The SMILES string of the molecule is C.C=C1CC(NC(=O)C(C)C)CCN1C.CC(C)C(=O)NC1CCCCC1.CC(C)NC1CCCCC1.CC(C)NC1CCN(C)CC1.CC(C)OC1CCCCC1.CC(C)OC1CCN(C)CC1. The van der Waals surface area contributed by atoms with Gasteiger partial charge in [0, 0.05) is 86.9 Å². The summed E-state index contributed by atoms with van der Waals surface area (Å²) < 4.78 is 11.4. The fraction of sp³-hybridized carbons (Fsp3) is 0.931. The summed E-state index contributed by atoms with van der Waals surface area (Å²) in [5, 5.41) is 13.3. The molecule has 6 aliphatic rings. The maximum absolute atomic E-state index is 11.4. The highest BCUT2D eigenvalue weighted by molar-refractivity contribution is 5.78. The lowest BCUT2D eigenvalue weighted by Crippen LogP contribution is -2.43. The van der Waals surface area contributed by atoms with Crippen LogP contribution in [0.3, 0.4) is 0 Å². The van der Waals surface area contributed by atoms with Crippen LogP contribution in [0.4, 0.5) is 0 Å². The van der Waals surface area contributed by atoms with E-state index in [-0.39, 0.29) is 37.1 Å². The van der Waals surface area contributed by atoms with Crippen molar-refractivity contribution in [3.05, 3.63) is 12.3 Å². The van der Waals surface area contributed by atoms with Crippen molar-refractivity contribution in [3.8, 4) is 0 Å². The molecule has 3 saturated heterocycles. The average molecular weight is 979 g/mol. The van der Waals surface area contributed by atoms with Crippen LogP contribution < -0.4 is 21.3 Å². The van der Waals surface area contributed by atoms with Gasteiger partial charge in [-0.15, -0.1) is 0 Å². The first-order valence-corrected chi connectivity index (χ1v) is 28.3. The van der Waals surface area contributed by atoms with Crippen LogP contribution >= 0.6 is 0 Å². The molecule has 0 aromatic heterocycles. The maximum atomic E-state index is 11.4. The number of carbonyl (C=O) groups is 2. The maximum Gasteiger partial charge on any atom is 0.222 e. The minimum atomic E-state index is 0. The third-order valence-electron chi connectivity index (χ3n) is 13.8. The molecule has 0 bridgehead atoms. The van der Waals surface area contributed by atoms with E-state index in [4.69, 9.17) is 9.47 Å². The van der Waals surface area contributed by atoms with Crippen molar-refractivity contribution >= 4 is 11.8 Å². The Kier molecular flexibility index (Phi) is 38.7. The van der Waals surface area contributed by atoms with Gasteiger partial charge in [0.2, 0.25) is 11.8 Å². The van der Waals surface area contributed by atoms with E-state index in [2.05, 4.69) is 112 Å². The van der Waals surface area contributed by atoms with E-state index in [0.29, 0.717) is 42.5 Å². The number of amides is 2. The van der Waals surface area contributed by atoms with E-state index >= 15 is 0 Å². The van der Waals surface area contributed by atoms with Gasteiger partial charge in [-0.2, -0.15) is 0 Å². The number of hydrogen-bond donors (Lipinski definition) is 4. The number of carbonyl (C=O) groups excluding carboxylic acids is 2. The van der Waals surface area contributed by atoms with Gasteiger partial charge < -0.3 is 45.4 Å². The molecule has 0 spiro atoms. The highest BCUT2D eigenvalue weighted by Gasteiger charge is 2.22. The van der Waals surface area contributed by atoms with Crippen LogP contribution in [0, 0.1) is 11.8 Å². The fourth-order valence-corrected chi connectivity index (χ4v) is 9.64. The third-order valence-corrected chi connectivity index (χ3v) is 13.8. The Balaban J connectivity index is 0.000000805. The lowest BCUT2D eigenvalue weighted by atomic mass is 9.95. The zero-order valence-corrected chi connectivity index (χ0v) is 47.5. The standard InChI is InChI=1S/C11H20N2O.C10H19NO.C9H20N2.C9H19NO.C9H19N.C9H18O.CH4/c1-8(2)11(14)12-10-5-6-13(4)9(3)7-10;1-8(2)10(12)11-9-6-4-3-5-7-9;1-8(2)10-9-4-6-11(3)7-5-9;1-8(2)11-9-4-6-10(3)7-5-9;2*1-8(2)10-9-6-4-3-5-7-9;/h8,10H,3,5-7H2,1-2,4H3,(H,12,14);8-9H,3-7H2,1-2H3,(H,11,12);8-10H,4-7H2,1-3H3;8-9H,4-7H2,1-3H3;8-10H,3-7H2,1-2H3;8-9H,3-7H2,1-2H3;1H4. The first-order chi connectivity index (χ1) is 32.1. The van der Waals surface area contributed by atoms with Crippen molar-refractivity contribution in [2.45, 2.75) is 286 Å². The molecular weight excluding hydrogens is 859 g/mol. The highest BCUT2D eigenvalue weighted by Crippen LogP contribution is 2.22. The first kappa shape index (κ1) is 67.2. The molecule has 69 heavy (non-hydrogen) atoms. The molecule has 1 unspecified atom stereocenters. The van der Waals surface area contributed by atoms with Crippen LogP contribution in [0.2, 0.25) is 0 Å². The molecule has 3 heterocycles. The molecule has 11 heteroatoms. The summed E-state index contributed by atoms with van der Waals surface area (Å²) in [6.45, 7) is 34.9. The Hall–Kier alpha value is -1.76. The number of ether oxygens (including phenoxy) is 2. The summed E-state index contributed by atoms with van der Waals surface area (Å²) in [5.74, 6) is 0.559. The second-order valence-electron chi connectivity index (χ2n) is 23.0. The number of piperidine rings is 3. The molecule has 0 aromatic carbocycles. The third kappa shape index (κ3) is 35.9. The monoisotopic (exact) mass is 978 g/mol. The Morgan fingerprint density at radius 1 is 0.464 bits per heavy atom. The van der Waals surface area contributed by atoms with E-state index in [1.165, 1.54) is 148 Å². The molecule has 410 valence electrons. The van der Waals surface area contributed by atoms with Crippen LogP contribution in [-0.2, 0) is 19.1 Å². The van der Waals surface area contributed by atoms with Crippen molar-refractivity contribution in [3.63, 3.8) is 0 Å². The van der Waals surface area contributed by atoms with Crippen LogP contribution in [0.5, 0.6) is 0 Å². The minimum Gasteiger partial charge on any atom is -0.378 e. The minimum absolute atomic E-state index is 0. The number of rotatable bonds is 12. The van der Waals surface area contributed by atoms with Gasteiger partial charge >= 0.3 is 0 Å². The van der Waals surface area contributed by atoms with Gasteiger partial charge in [0.05, 0.1) is 24.4 Å². The van der Waals surface area contributed by atoms with Crippen molar-refractivity contribution in [2.75, 3.05) is 53.9 Å². The lowest BCUT2D eigenvalue weighted by Gasteiger charge is -2.33. The number of hydrogen-bond acceptors (Lipinski definition) is 9. The van der Waals surface area contributed by atoms with Crippen LogP contribution in [0.15, 0.2) is 12.3 Å². The topological polar surface area (TPSA) is 110 Å². The molecule has 11 nitrogen and oxygen atoms in total. The normalized spacial score (nSPS) is 21.7. The fourth-order valence-electron chi connectivity index (χ4n) is 9.64. The zero-order valence-electron chi connectivity index (χ0n) is 47.5. The molecule has 3 aliphatic heterocycles. The molecule has 2 amide bonds. The van der Waals surface area contributed by atoms with Crippen molar-refractivity contribution in [2.24, 2.45) is 11.8 Å². The highest BCUT2D eigenvalue weighted by atomic mass is 16.5. The smallest absolute Gasteiger partial charge is 0.222 e. The van der Waals surface area contributed by atoms with Crippen molar-refractivity contribution < 1.29 is 19.1 Å². The Morgan fingerprint density at radius 3 is 1.17 bits per heavy atom. The molecule has 3 saturated carbocycles. The number of nitrogens with zero attached hydrogens (tertiary/aromatic N) is 3. The quantitative estimate of drug-likeness (QED) is 0.152. The van der Waals surface area contributed by atoms with Gasteiger partial charge in [0.1, 0.15) is 0 Å². The molecule has 6 fully saturated rings. The van der Waals surface area contributed by atoms with Gasteiger partial charge in [-0.25, -0.2) is 0 Å². The zero-order chi connectivity index (χ0) is 51.0. The Labute approximate surface area is 429 Å². The molecule has 6 rings (SSSR count). The van der Waals surface area contributed by atoms with Crippen molar-refractivity contribution in [1.29, 1.82) is 0 Å². The summed E-state index contributed by atoms with van der Waals surface area (Å²) in [6, 6.07) is 3.66. The number of nitrogens with one attached hydrogen (secondary N) is 4. The van der Waals surface area contributed by atoms with Crippen LogP contribution in [0.1, 0.15) is 225 Å². The predicted octanol–water partition coefficient (Wildman–Crippen LogP) is 11.7. The van der Waals surface area contributed by atoms with E-state index in [1.54, 1.807) is 0 Å². The van der Waals surface area contributed by atoms with Gasteiger partial charge in [-0.3, -0.25) is 9.59 Å². The molecule has 0 radical (unpaired) electrons.